The third-order valence-corrected chi connectivity index (χ3v) is 3.67. The summed E-state index contributed by atoms with van der Waals surface area (Å²) in [5.41, 5.74) is 4.16. The summed E-state index contributed by atoms with van der Waals surface area (Å²) in [6.45, 7) is 2.72. The van der Waals surface area contributed by atoms with E-state index < -0.39 is 0 Å². The minimum atomic E-state index is 0.673. The summed E-state index contributed by atoms with van der Waals surface area (Å²) in [4.78, 5) is 7.66. The van der Waals surface area contributed by atoms with Crippen LogP contribution in [0.1, 0.15) is 11.1 Å². The molecule has 0 unspecified atom stereocenters. The van der Waals surface area contributed by atoms with Crippen LogP contribution in [0.2, 0.25) is 0 Å². The summed E-state index contributed by atoms with van der Waals surface area (Å²) in [5, 5.41) is 0. The number of fused-ring (bicyclic) bond motifs is 1. The second-order valence-electron chi connectivity index (χ2n) is 4.69. The molecule has 1 N–H and O–H groups in total. The maximum atomic E-state index is 5.41. The van der Waals surface area contributed by atoms with Gasteiger partial charge in [-0.3, -0.25) is 4.57 Å². The number of aromatic amines is 1. The Morgan fingerprint density at radius 2 is 2.20 bits per heavy atom. The van der Waals surface area contributed by atoms with Crippen molar-refractivity contribution in [3.05, 3.63) is 52.4 Å². The largest absolute Gasteiger partial charge is 0.497 e. The molecule has 0 bridgehead atoms. The molecule has 0 spiro atoms. The van der Waals surface area contributed by atoms with E-state index in [4.69, 9.17) is 17.0 Å². The molecule has 0 aliphatic carbocycles. The van der Waals surface area contributed by atoms with Crippen molar-refractivity contribution in [2.45, 2.75) is 13.5 Å². The molecule has 2 aromatic heterocycles. The highest BCUT2D eigenvalue weighted by molar-refractivity contribution is 7.71. The molecular weight excluding hydrogens is 270 g/mol. The smallest absolute Gasteiger partial charge is 0.179 e. The van der Waals surface area contributed by atoms with Gasteiger partial charge in [0.05, 0.1) is 19.2 Å². The number of ether oxygens (including phenoxy) is 1. The molecule has 5 heteroatoms. The van der Waals surface area contributed by atoms with Gasteiger partial charge >= 0.3 is 0 Å². The van der Waals surface area contributed by atoms with Gasteiger partial charge < -0.3 is 9.72 Å². The number of imidazole rings is 1. The van der Waals surface area contributed by atoms with Crippen molar-refractivity contribution < 1.29 is 4.74 Å². The lowest BCUT2D eigenvalue weighted by molar-refractivity contribution is 0.414. The lowest BCUT2D eigenvalue weighted by Crippen LogP contribution is -2.01. The van der Waals surface area contributed by atoms with Crippen LogP contribution in [-0.2, 0) is 6.54 Å². The number of aryl methyl sites for hydroxylation is 1. The Balaban J connectivity index is 2.08. The van der Waals surface area contributed by atoms with Crippen molar-refractivity contribution in [2.75, 3.05) is 7.11 Å². The first kappa shape index (κ1) is 12.9. The lowest BCUT2D eigenvalue weighted by Gasteiger charge is -2.06. The Morgan fingerprint density at radius 1 is 1.35 bits per heavy atom. The van der Waals surface area contributed by atoms with Gasteiger partial charge in [-0.1, -0.05) is 12.1 Å². The number of hydrogen-bond acceptors (Lipinski definition) is 3. The summed E-state index contributed by atoms with van der Waals surface area (Å²) in [5.74, 6) is 0.845. The molecule has 0 amide bonds. The SMILES string of the molecule is COc1cccc(Cn2c(=S)[nH]c3c(C)ccnc32)c1. The van der Waals surface area contributed by atoms with Crippen LogP contribution in [0.4, 0.5) is 0 Å². The Bertz CT molecular complexity index is 819. The van der Waals surface area contributed by atoms with Crippen LogP contribution < -0.4 is 4.74 Å². The normalized spacial score (nSPS) is 10.9. The molecular formula is C15H15N3OS. The van der Waals surface area contributed by atoms with E-state index >= 15 is 0 Å². The Labute approximate surface area is 122 Å². The highest BCUT2D eigenvalue weighted by Gasteiger charge is 2.08. The standard InChI is InChI=1S/C15H15N3OS/c1-10-6-7-16-14-13(10)17-15(20)18(14)9-11-4-3-5-12(8-11)19-2/h3-8H,9H2,1-2H3,(H,17,20). The molecule has 0 saturated heterocycles. The van der Waals surface area contributed by atoms with Crippen molar-refractivity contribution in [3.63, 3.8) is 0 Å². The monoisotopic (exact) mass is 285 g/mol. The second kappa shape index (κ2) is 5.09. The van der Waals surface area contributed by atoms with E-state index in [1.807, 2.05) is 42.0 Å². The number of nitrogens with one attached hydrogen (secondary N) is 1. The maximum absolute atomic E-state index is 5.41. The Hall–Kier alpha value is -2.14. The fraction of sp³-hybridized carbons (Fsp3) is 0.200. The Kier molecular flexibility index (Phi) is 3.28. The van der Waals surface area contributed by atoms with E-state index in [9.17, 15) is 0 Å². The summed E-state index contributed by atoms with van der Waals surface area (Å²) < 4.78 is 7.94. The van der Waals surface area contributed by atoms with Gasteiger partial charge in [0.25, 0.3) is 0 Å². The molecule has 0 atom stereocenters. The van der Waals surface area contributed by atoms with Crippen molar-refractivity contribution in [2.24, 2.45) is 0 Å². The molecule has 0 fully saturated rings. The number of methoxy groups -OCH3 is 1. The van der Waals surface area contributed by atoms with Gasteiger partial charge in [-0.2, -0.15) is 0 Å². The zero-order chi connectivity index (χ0) is 14.1. The van der Waals surface area contributed by atoms with Crippen molar-refractivity contribution >= 4 is 23.4 Å². The van der Waals surface area contributed by atoms with Crippen LogP contribution in [0.3, 0.4) is 0 Å². The van der Waals surface area contributed by atoms with Gasteiger partial charge in [0.2, 0.25) is 0 Å². The Morgan fingerprint density at radius 3 is 3.00 bits per heavy atom. The first-order valence-corrected chi connectivity index (χ1v) is 6.77. The molecule has 0 radical (unpaired) electrons. The highest BCUT2D eigenvalue weighted by Crippen LogP contribution is 2.19. The van der Waals surface area contributed by atoms with Crippen LogP contribution in [0.15, 0.2) is 36.5 Å². The first-order chi connectivity index (χ1) is 9.69. The maximum Gasteiger partial charge on any atom is 0.179 e. The van der Waals surface area contributed by atoms with E-state index in [0.29, 0.717) is 11.3 Å². The second-order valence-corrected chi connectivity index (χ2v) is 5.08. The molecule has 20 heavy (non-hydrogen) atoms. The number of hydrogen-bond donors (Lipinski definition) is 1. The van der Waals surface area contributed by atoms with E-state index in [0.717, 1.165) is 28.0 Å². The van der Waals surface area contributed by atoms with Gasteiger partial charge in [-0.25, -0.2) is 4.98 Å². The number of aromatic nitrogens is 3. The molecule has 4 nitrogen and oxygen atoms in total. The van der Waals surface area contributed by atoms with Crippen molar-refractivity contribution in [1.82, 2.24) is 14.5 Å². The van der Waals surface area contributed by atoms with Gasteiger partial charge in [0, 0.05) is 6.20 Å². The van der Waals surface area contributed by atoms with Gasteiger partial charge in [-0.15, -0.1) is 0 Å². The quantitative estimate of drug-likeness (QED) is 0.749. The molecule has 3 rings (SSSR count). The van der Waals surface area contributed by atoms with Crippen LogP contribution >= 0.6 is 12.2 Å². The van der Waals surface area contributed by atoms with Crippen LogP contribution in [0, 0.1) is 11.7 Å². The van der Waals surface area contributed by atoms with Gasteiger partial charge in [0.15, 0.2) is 10.4 Å². The van der Waals surface area contributed by atoms with Gasteiger partial charge in [0.1, 0.15) is 5.75 Å². The number of rotatable bonds is 3. The van der Waals surface area contributed by atoms with Crippen LogP contribution in [-0.4, -0.2) is 21.6 Å². The third kappa shape index (κ3) is 2.20. The molecule has 102 valence electrons. The first-order valence-electron chi connectivity index (χ1n) is 6.36. The topological polar surface area (TPSA) is 42.8 Å². The predicted molar refractivity (Wildman–Crippen MR) is 81.8 cm³/mol. The number of benzene rings is 1. The molecule has 2 heterocycles. The fourth-order valence-electron chi connectivity index (χ4n) is 2.27. The summed E-state index contributed by atoms with van der Waals surface area (Å²) in [7, 11) is 1.67. The highest BCUT2D eigenvalue weighted by atomic mass is 32.1. The molecule has 0 aliphatic rings. The van der Waals surface area contributed by atoms with Crippen LogP contribution in [0.25, 0.3) is 11.2 Å². The van der Waals surface area contributed by atoms with Gasteiger partial charge in [-0.05, 0) is 48.5 Å². The summed E-state index contributed by atoms with van der Waals surface area (Å²) in [6.07, 6.45) is 1.81. The van der Waals surface area contributed by atoms with E-state index in [1.165, 1.54) is 0 Å². The third-order valence-electron chi connectivity index (χ3n) is 3.35. The number of nitrogens with zero attached hydrogens (tertiary/aromatic N) is 2. The zero-order valence-electron chi connectivity index (χ0n) is 11.4. The zero-order valence-corrected chi connectivity index (χ0v) is 12.2. The predicted octanol–water partition coefficient (Wildman–Crippen LogP) is 3.46. The molecule has 0 saturated carbocycles. The average Bonchev–Trinajstić information content (AvgIpc) is 2.78. The number of H-pyrrole nitrogens is 1. The molecule has 3 aromatic rings. The molecule has 0 aliphatic heterocycles. The van der Waals surface area contributed by atoms with Crippen molar-refractivity contribution in [1.29, 1.82) is 0 Å². The van der Waals surface area contributed by atoms with E-state index in [-0.39, 0.29) is 0 Å². The minimum Gasteiger partial charge on any atom is -0.497 e. The summed E-state index contributed by atoms with van der Waals surface area (Å²) >= 11 is 5.41. The summed E-state index contributed by atoms with van der Waals surface area (Å²) in [6, 6.07) is 9.95. The average molecular weight is 285 g/mol. The number of pyridine rings is 1. The van der Waals surface area contributed by atoms with Crippen LogP contribution in [0.5, 0.6) is 5.75 Å². The van der Waals surface area contributed by atoms with E-state index in [1.54, 1.807) is 7.11 Å². The fourth-order valence-corrected chi connectivity index (χ4v) is 2.53. The minimum absolute atomic E-state index is 0.673. The lowest BCUT2D eigenvalue weighted by atomic mass is 10.2. The van der Waals surface area contributed by atoms with E-state index in [2.05, 4.69) is 16.0 Å². The van der Waals surface area contributed by atoms with Crippen molar-refractivity contribution in [3.8, 4) is 5.75 Å². The molecule has 1 aromatic carbocycles.